The monoisotopic (exact) mass is 494 g/mol. The van der Waals surface area contributed by atoms with Gasteiger partial charge < -0.3 is 28.8 Å². The number of hydrogen-bond acceptors (Lipinski definition) is 8. The number of hydrogen-bond donors (Lipinski definition) is 1. The number of rotatable bonds is 4. The Balaban J connectivity index is 1.89. The van der Waals surface area contributed by atoms with Crippen LogP contribution >= 0.6 is 0 Å². The van der Waals surface area contributed by atoms with Crippen LogP contribution in [0.3, 0.4) is 0 Å². The normalized spacial score (nSPS) is 23.3. The quantitative estimate of drug-likeness (QED) is 0.296. The molecule has 0 bridgehead atoms. The van der Waals surface area contributed by atoms with Gasteiger partial charge in [0.2, 0.25) is 17.4 Å². The van der Waals surface area contributed by atoms with Crippen LogP contribution in [0.2, 0.25) is 0 Å². The Labute approximate surface area is 210 Å². The van der Waals surface area contributed by atoms with Crippen molar-refractivity contribution in [3.05, 3.63) is 57.6 Å². The molecule has 1 aliphatic heterocycles. The Bertz CT molecular complexity index is 1330. The molecule has 0 radical (unpaired) electrons. The summed E-state index contributed by atoms with van der Waals surface area (Å²) in [5, 5.41) is 11.3. The standard InChI is InChI=1S/C28H30O8/c1-15-14-18-23(25(31)22-17(28(18,33-7)34-8)10-9-11-20(22)32-6)24(30)21(15)19(29)12-13-27(5)16(2)35-26(3,4)36-27/h9-11,14,16,30H,1-8H3/t16-,27+/m0/s1. The van der Waals surface area contributed by atoms with Crippen molar-refractivity contribution < 1.29 is 38.4 Å². The summed E-state index contributed by atoms with van der Waals surface area (Å²) in [6.07, 6.45) is -0.388. The molecule has 2 aliphatic rings. The fourth-order valence-electron chi connectivity index (χ4n) is 5.11. The van der Waals surface area contributed by atoms with Gasteiger partial charge in [-0.15, -0.1) is 0 Å². The molecule has 8 nitrogen and oxygen atoms in total. The van der Waals surface area contributed by atoms with Crippen molar-refractivity contribution in [1.82, 2.24) is 0 Å². The minimum Gasteiger partial charge on any atom is -0.506 e. The van der Waals surface area contributed by atoms with Gasteiger partial charge in [-0.3, -0.25) is 9.59 Å². The Morgan fingerprint density at radius 3 is 2.31 bits per heavy atom. The van der Waals surface area contributed by atoms with Crippen LogP contribution in [0.5, 0.6) is 11.5 Å². The lowest BCUT2D eigenvalue weighted by Crippen LogP contribution is -2.39. The van der Waals surface area contributed by atoms with E-state index in [4.69, 9.17) is 23.7 Å². The molecule has 0 amide bonds. The van der Waals surface area contributed by atoms with Gasteiger partial charge in [0.25, 0.3) is 0 Å². The molecule has 1 heterocycles. The third-order valence-corrected chi connectivity index (χ3v) is 6.83. The van der Waals surface area contributed by atoms with Gasteiger partial charge >= 0.3 is 0 Å². The molecule has 2 aromatic rings. The van der Waals surface area contributed by atoms with E-state index in [0.717, 1.165) is 0 Å². The van der Waals surface area contributed by atoms with Crippen LogP contribution in [-0.2, 0) is 24.7 Å². The van der Waals surface area contributed by atoms with Gasteiger partial charge in [-0.1, -0.05) is 18.1 Å². The smallest absolute Gasteiger partial charge is 0.240 e. The fraction of sp³-hybridized carbons (Fsp3) is 0.429. The van der Waals surface area contributed by atoms with Gasteiger partial charge in [0, 0.05) is 25.3 Å². The second-order valence-corrected chi connectivity index (χ2v) is 9.52. The van der Waals surface area contributed by atoms with Crippen molar-refractivity contribution in [3.8, 4) is 23.3 Å². The van der Waals surface area contributed by atoms with Crippen molar-refractivity contribution in [2.45, 2.75) is 57.9 Å². The predicted molar refractivity (Wildman–Crippen MR) is 130 cm³/mol. The summed E-state index contributed by atoms with van der Waals surface area (Å²) in [4.78, 5) is 27.0. The highest BCUT2D eigenvalue weighted by molar-refractivity contribution is 6.20. The van der Waals surface area contributed by atoms with Gasteiger partial charge in [0.1, 0.15) is 11.5 Å². The van der Waals surface area contributed by atoms with Crippen molar-refractivity contribution in [3.63, 3.8) is 0 Å². The van der Waals surface area contributed by atoms with Crippen LogP contribution in [-0.4, -0.2) is 55.5 Å². The summed E-state index contributed by atoms with van der Waals surface area (Å²) < 4.78 is 28.7. The second kappa shape index (κ2) is 8.71. The maximum absolute atomic E-state index is 13.7. The third-order valence-electron chi connectivity index (χ3n) is 6.83. The first kappa shape index (κ1) is 25.9. The number of carbonyl (C=O) groups is 2. The molecule has 1 N–H and O–H groups in total. The van der Waals surface area contributed by atoms with Gasteiger partial charge in [0.15, 0.2) is 11.4 Å². The minimum absolute atomic E-state index is 0.0801. The molecule has 0 unspecified atom stereocenters. The highest BCUT2D eigenvalue weighted by atomic mass is 16.8. The molecular weight excluding hydrogens is 464 g/mol. The summed E-state index contributed by atoms with van der Waals surface area (Å²) in [5.41, 5.74) is 0.0964. The molecule has 8 heteroatoms. The molecule has 1 aliphatic carbocycles. The Morgan fingerprint density at radius 1 is 1.08 bits per heavy atom. The summed E-state index contributed by atoms with van der Waals surface area (Å²) in [6, 6.07) is 6.67. The maximum Gasteiger partial charge on any atom is 0.240 e. The predicted octanol–water partition coefficient (Wildman–Crippen LogP) is 3.86. The number of aromatic hydroxyl groups is 1. The second-order valence-electron chi connectivity index (χ2n) is 9.52. The summed E-state index contributed by atoms with van der Waals surface area (Å²) >= 11 is 0. The first-order valence-corrected chi connectivity index (χ1v) is 11.5. The SMILES string of the molecule is COc1cccc2c1C(=O)c1c(cc(C)c(C(=O)C#C[C@@]3(C)OC(C)(C)O[C@H]3C)c1O)C2(OC)OC. The van der Waals surface area contributed by atoms with Crippen LogP contribution in [0.25, 0.3) is 0 Å². The van der Waals surface area contributed by atoms with Crippen LogP contribution in [0.4, 0.5) is 0 Å². The van der Waals surface area contributed by atoms with Crippen molar-refractivity contribution in [2.24, 2.45) is 0 Å². The Kier molecular flexibility index (Phi) is 6.26. The number of carbonyl (C=O) groups excluding carboxylic acids is 2. The number of ether oxygens (including phenoxy) is 5. The molecule has 1 saturated heterocycles. The molecule has 36 heavy (non-hydrogen) atoms. The molecule has 2 atom stereocenters. The first-order chi connectivity index (χ1) is 16.9. The molecule has 0 aromatic heterocycles. The molecule has 1 fully saturated rings. The summed E-state index contributed by atoms with van der Waals surface area (Å²) in [6.45, 7) is 8.75. The average Bonchev–Trinajstić information content (AvgIpc) is 3.04. The Hall–Kier alpha value is -3.22. The number of Topliss-reactive ketones (excluding diaryl/α,β-unsaturated/α-hetero) is 1. The molecule has 4 rings (SSSR count). The van der Waals surface area contributed by atoms with Gasteiger partial charge in [0.05, 0.1) is 29.9 Å². The Morgan fingerprint density at radius 2 is 1.75 bits per heavy atom. The van der Waals surface area contributed by atoms with Crippen molar-refractivity contribution >= 4 is 11.6 Å². The lowest BCUT2D eigenvalue weighted by molar-refractivity contribution is -0.185. The van der Waals surface area contributed by atoms with Crippen LogP contribution in [0.1, 0.15) is 70.7 Å². The maximum atomic E-state index is 13.7. The van der Waals surface area contributed by atoms with Crippen LogP contribution in [0.15, 0.2) is 24.3 Å². The van der Waals surface area contributed by atoms with E-state index in [9.17, 15) is 14.7 Å². The molecular formula is C28H30O8. The molecule has 2 aromatic carbocycles. The van der Waals surface area contributed by atoms with Crippen LogP contribution in [0, 0.1) is 18.8 Å². The van der Waals surface area contributed by atoms with E-state index in [1.165, 1.54) is 21.3 Å². The largest absolute Gasteiger partial charge is 0.506 e. The number of methoxy groups -OCH3 is 3. The van der Waals surface area contributed by atoms with E-state index in [-0.39, 0.29) is 34.1 Å². The lowest BCUT2D eigenvalue weighted by atomic mass is 9.77. The van der Waals surface area contributed by atoms with E-state index in [1.807, 2.05) is 6.92 Å². The van der Waals surface area contributed by atoms with Crippen molar-refractivity contribution in [1.29, 1.82) is 0 Å². The van der Waals surface area contributed by atoms with E-state index in [1.54, 1.807) is 52.0 Å². The topological polar surface area (TPSA) is 101 Å². The summed E-state index contributed by atoms with van der Waals surface area (Å²) in [5.74, 6) is 1.72. The number of phenolic OH excluding ortho intramolecular Hbond substituents is 1. The number of aryl methyl sites for hydroxylation is 1. The zero-order valence-electron chi connectivity index (χ0n) is 21.7. The van der Waals surface area contributed by atoms with Gasteiger partial charge in [-0.2, -0.15) is 0 Å². The van der Waals surface area contributed by atoms with E-state index in [0.29, 0.717) is 11.1 Å². The molecule has 0 spiro atoms. The van der Waals surface area contributed by atoms with E-state index in [2.05, 4.69) is 11.8 Å². The minimum atomic E-state index is -1.51. The highest BCUT2D eigenvalue weighted by Crippen LogP contribution is 2.49. The van der Waals surface area contributed by atoms with Crippen molar-refractivity contribution in [2.75, 3.05) is 21.3 Å². The summed E-state index contributed by atoms with van der Waals surface area (Å²) in [7, 11) is 4.32. The zero-order chi connectivity index (χ0) is 26.6. The number of ketones is 2. The van der Waals surface area contributed by atoms with E-state index < -0.39 is 34.5 Å². The number of fused-ring (bicyclic) bond motifs is 2. The first-order valence-electron chi connectivity index (χ1n) is 11.5. The molecule has 190 valence electrons. The average molecular weight is 495 g/mol. The van der Waals surface area contributed by atoms with Gasteiger partial charge in [-0.05, 0) is 58.2 Å². The molecule has 0 saturated carbocycles. The third kappa shape index (κ3) is 3.71. The zero-order valence-corrected chi connectivity index (χ0v) is 21.7. The van der Waals surface area contributed by atoms with Gasteiger partial charge in [-0.25, -0.2) is 0 Å². The van der Waals surface area contributed by atoms with Crippen LogP contribution < -0.4 is 4.74 Å². The fourth-order valence-corrected chi connectivity index (χ4v) is 5.11. The lowest BCUT2D eigenvalue weighted by Gasteiger charge is -2.38. The highest BCUT2D eigenvalue weighted by Gasteiger charge is 2.49. The van der Waals surface area contributed by atoms with E-state index >= 15 is 0 Å². The number of benzene rings is 2. The number of phenols is 1.